The highest BCUT2D eigenvalue weighted by Crippen LogP contribution is 2.30. The van der Waals surface area contributed by atoms with Crippen LogP contribution in [0.4, 0.5) is 5.69 Å². The quantitative estimate of drug-likeness (QED) is 0.735. The zero-order valence-electron chi connectivity index (χ0n) is 13.2. The molecular formula is C18H14N2O4S. The van der Waals surface area contributed by atoms with Gasteiger partial charge in [-0.15, -0.1) is 0 Å². The molecule has 0 unspecified atom stereocenters. The summed E-state index contributed by atoms with van der Waals surface area (Å²) in [6.45, 7) is 1.97. The average Bonchev–Trinajstić information content (AvgIpc) is 2.88. The molecule has 0 radical (unpaired) electrons. The molecule has 3 N–H and O–H groups in total. The first-order valence-electron chi connectivity index (χ1n) is 7.35. The van der Waals surface area contributed by atoms with Gasteiger partial charge >= 0.3 is 5.97 Å². The second-order valence-corrected chi connectivity index (χ2v) is 6.43. The molecule has 0 aromatic heterocycles. The van der Waals surface area contributed by atoms with Gasteiger partial charge in [-0.3, -0.25) is 4.79 Å². The number of carboxylic acid groups (broad SMARTS) is 1. The van der Waals surface area contributed by atoms with E-state index in [-0.39, 0.29) is 28.1 Å². The lowest BCUT2D eigenvalue weighted by atomic mass is 10.1. The standard InChI is InChI=1S/C18H14N2O4S/c1-10-3-2-4-11(7-10)8-15-16(22)20-18(25-15)19-14-6-5-12(21)9-13(14)17(23)24/h2-9,21H,1H3,(H,23,24)(H,19,20,22)/b15-8-. The van der Waals surface area contributed by atoms with Crippen LogP contribution < -0.4 is 5.32 Å². The summed E-state index contributed by atoms with van der Waals surface area (Å²) in [6, 6.07) is 11.6. The van der Waals surface area contributed by atoms with E-state index in [1.54, 1.807) is 6.08 Å². The Labute approximate surface area is 147 Å². The van der Waals surface area contributed by atoms with E-state index < -0.39 is 5.97 Å². The van der Waals surface area contributed by atoms with Crippen LogP contribution in [0.3, 0.4) is 0 Å². The maximum absolute atomic E-state index is 12.1. The molecule has 126 valence electrons. The third kappa shape index (κ3) is 3.89. The minimum absolute atomic E-state index is 0.140. The Hall–Kier alpha value is -3.06. The first kappa shape index (κ1) is 16.8. The first-order chi connectivity index (χ1) is 11.9. The van der Waals surface area contributed by atoms with E-state index in [0.29, 0.717) is 4.91 Å². The van der Waals surface area contributed by atoms with Crippen molar-refractivity contribution in [3.05, 3.63) is 64.1 Å². The zero-order valence-corrected chi connectivity index (χ0v) is 14.0. The predicted molar refractivity (Wildman–Crippen MR) is 97.1 cm³/mol. The summed E-state index contributed by atoms with van der Waals surface area (Å²) in [5.74, 6) is -1.66. The topological polar surface area (TPSA) is 99.0 Å². The fourth-order valence-electron chi connectivity index (χ4n) is 2.29. The summed E-state index contributed by atoms with van der Waals surface area (Å²) >= 11 is 1.13. The number of amides is 1. The zero-order chi connectivity index (χ0) is 18.0. The Morgan fingerprint density at radius 1 is 1.24 bits per heavy atom. The van der Waals surface area contributed by atoms with Crippen LogP contribution in [0.2, 0.25) is 0 Å². The summed E-state index contributed by atoms with van der Waals surface area (Å²) in [6.07, 6.45) is 1.75. The van der Waals surface area contributed by atoms with Crippen LogP contribution in [-0.2, 0) is 4.79 Å². The molecule has 0 bridgehead atoms. The molecular weight excluding hydrogens is 340 g/mol. The van der Waals surface area contributed by atoms with Crippen molar-refractivity contribution in [3.63, 3.8) is 0 Å². The molecule has 2 aromatic carbocycles. The van der Waals surface area contributed by atoms with Gasteiger partial charge in [-0.25, -0.2) is 9.79 Å². The lowest BCUT2D eigenvalue weighted by Crippen LogP contribution is -2.19. The number of rotatable bonds is 3. The summed E-state index contributed by atoms with van der Waals surface area (Å²) in [5.41, 5.74) is 2.00. The van der Waals surface area contributed by atoms with Gasteiger partial charge in [0.1, 0.15) is 5.75 Å². The normalized spacial score (nSPS) is 17.1. The number of phenolic OH excluding ortho intramolecular Hbond substituents is 1. The van der Waals surface area contributed by atoms with Crippen LogP contribution in [-0.4, -0.2) is 27.3 Å². The third-order valence-electron chi connectivity index (χ3n) is 3.42. The number of phenols is 1. The van der Waals surface area contributed by atoms with Crippen molar-refractivity contribution >= 4 is 40.6 Å². The van der Waals surface area contributed by atoms with Gasteiger partial charge in [-0.2, -0.15) is 0 Å². The average molecular weight is 354 g/mol. The molecule has 6 nitrogen and oxygen atoms in total. The molecule has 0 atom stereocenters. The van der Waals surface area contributed by atoms with Crippen molar-refractivity contribution in [1.82, 2.24) is 5.32 Å². The van der Waals surface area contributed by atoms with E-state index in [1.165, 1.54) is 12.1 Å². The smallest absolute Gasteiger partial charge is 0.338 e. The number of thioether (sulfide) groups is 1. The van der Waals surface area contributed by atoms with E-state index in [2.05, 4.69) is 10.3 Å². The summed E-state index contributed by atoms with van der Waals surface area (Å²) < 4.78 is 0. The number of aromatic carboxylic acids is 1. The summed E-state index contributed by atoms with van der Waals surface area (Å²) in [5, 5.41) is 21.5. The lowest BCUT2D eigenvalue weighted by Gasteiger charge is -2.02. The number of amidine groups is 1. The van der Waals surface area contributed by atoms with Gasteiger partial charge in [0, 0.05) is 0 Å². The molecule has 2 aromatic rings. The van der Waals surface area contributed by atoms with Crippen molar-refractivity contribution in [2.45, 2.75) is 6.92 Å². The van der Waals surface area contributed by atoms with Crippen LogP contribution in [0.25, 0.3) is 6.08 Å². The monoisotopic (exact) mass is 354 g/mol. The van der Waals surface area contributed by atoms with Crippen LogP contribution >= 0.6 is 11.8 Å². The van der Waals surface area contributed by atoms with Gasteiger partial charge in [0.25, 0.3) is 5.91 Å². The predicted octanol–water partition coefficient (Wildman–Crippen LogP) is 3.29. The Bertz CT molecular complexity index is 934. The Balaban J connectivity index is 1.90. The van der Waals surface area contributed by atoms with Crippen molar-refractivity contribution < 1.29 is 19.8 Å². The number of aliphatic imine (C=N–C) groups is 1. The molecule has 0 saturated carbocycles. The minimum atomic E-state index is -1.21. The SMILES string of the molecule is Cc1cccc(/C=C2\SC(=Nc3ccc(O)cc3C(=O)O)NC2=O)c1. The molecule has 25 heavy (non-hydrogen) atoms. The van der Waals surface area contributed by atoms with Gasteiger partial charge in [0.05, 0.1) is 16.2 Å². The highest BCUT2D eigenvalue weighted by molar-refractivity contribution is 8.18. The number of carbonyl (C=O) groups excluding carboxylic acids is 1. The number of carboxylic acids is 1. The van der Waals surface area contributed by atoms with E-state index in [0.717, 1.165) is 29.0 Å². The maximum Gasteiger partial charge on any atom is 0.338 e. The molecule has 1 heterocycles. The Morgan fingerprint density at radius 2 is 2.04 bits per heavy atom. The number of hydrogen-bond acceptors (Lipinski definition) is 5. The molecule has 1 aliphatic rings. The van der Waals surface area contributed by atoms with Gasteiger partial charge < -0.3 is 15.5 Å². The molecule has 3 rings (SSSR count). The van der Waals surface area contributed by atoms with Crippen molar-refractivity contribution in [1.29, 1.82) is 0 Å². The van der Waals surface area contributed by atoms with Gasteiger partial charge in [0.15, 0.2) is 5.17 Å². The minimum Gasteiger partial charge on any atom is -0.508 e. The Morgan fingerprint density at radius 3 is 2.76 bits per heavy atom. The molecule has 0 aliphatic carbocycles. The molecule has 1 fully saturated rings. The van der Waals surface area contributed by atoms with Crippen molar-refractivity contribution in [2.24, 2.45) is 4.99 Å². The Kier molecular flexibility index (Phi) is 4.58. The van der Waals surface area contributed by atoms with Crippen LogP contribution in [0.5, 0.6) is 5.75 Å². The molecule has 0 spiro atoms. The number of aryl methyl sites for hydroxylation is 1. The largest absolute Gasteiger partial charge is 0.508 e. The van der Waals surface area contributed by atoms with E-state index in [9.17, 15) is 19.8 Å². The number of nitrogens with zero attached hydrogens (tertiary/aromatic N) is 1. The van der Waals surface area contributed by atoms with E-state index in [1.807, 2.05) is 31.2 Å². The fourth-order valence-corrected chi connectivity index (χ4v) is 3.13. The molecule has 1 saturated heterocycles. The highest BCUT2D eigenvalue weighted by atomic mass is 32.2. The van der Waals surface area contributed by atoms with Crippen molar-refractivity contribution in [3.8, 4) is 5.75 Å². The molecule has 1 amide bonds. The molecule has 1 aliphatic heterocycles. The summed E-state index contributed by atoms with van der Waals surface area (Å²) in [4.78, 5) is 28.0. The third-order valence-corrected chi connectivity index (χ3v) is 4.33. The lowest BCUT2D eigenvalue weighted by molar-refractivity contribution is -0.115. The van der Waals surface area contributed by atoms with Gasteiger partial charge in [0.2, 0.25) is 0 Å². The van der Waals surface area contributed by atoms with E-state index in [4.69, 9.17) is 0 Å². The second-order valence-electron chi connectivity index (χ2n) is 5.40. The maximum atomic E-state index is 12.1. The number of hydrogen-bond donors (Lipinski definition) is 3. The van der Waals surface area contributed by atoms with E-state index >= 15 is 0 Å². The van der Waals surface area contributed by atoms with Crippen LogP contribution in [0.1, 0.15) is 21.5 Å². The van der Waals surface area contributed by atoms with Crippen LogP contribution in [0.15, 0.2) is 52.4 Å². The van der Waals surface area contributed by atoms with Crippen LogP contribution in [0, 0.1) is 6.92 Å². The highest BCUT2D eigenvalue weighted by Gasteiger charge is 2.24. The fraction of sp³-hybridized carbons (Fsp3) is 0.0556. The number of benzene rings is 2. The van der Waals surface area contributed by atoms with Gasteiger partial charge in [-0.05, 0) is 48.5 Å². The summed E-state index contributed by atoms with van der Waals surface area (Å²) in [7, 11) is 0. The number of aromatic hydroxyl groups is 1. The van der Waals surface area contributed by atoms with Crippen molar-refractivity contribution in [2.75, 3.05) is 0 Å². The number of nitrogens with one attached hydrogen (secondary N) is 1. The number of carbonyl (C=O) groups is 2. The first-order valence-corrected chi connectivity index (χ1v) is 8.16. The second kappa shape index (κ2) is 6.82. The van der Waals surface area contributed by atoms with Gasteiger partial charge in [-0.1, -0.05) is 29.8 Å². The molecule has 7 heteroatoms.